The summed E-state index contributed by atoms with van der Waals surface area (Å²) in [5.74, 6) is 0.665. The number of quaternary nitrogens is 1. The van der Waals surface area contributed by atoms with Crippen molar-refractivity contribution < 1.29 is 22.8 Å². The molecule has 2 N–H and O–H groups in total. The van der Waals surface area contributed by atoms with Gasteiger partial charge in [-0.25, -0.2) is 12.7 Å². The Bertz CT molecular complexity index is 837. The Balaban J connectivity index is 1.79. The summed E-state index contributed by atoms with van der Waals surface area (Å²) in [6, 6.07) is 15.7. The van der Waals surface area contributed by atoms with Crippen LogP contribution in [-0.2, 0) is 14.8 Å². The quantitative estimate of drug-likeness (QED) is 0.650. The van der Waals surface area contributed by atoms with E-state index in [1.54, 1.807) is 12.1 Å². The summed E-state index contributed by atoms with van der Waals surface area (Å²) in [6.45, 7) is 1.48. The zero-order valence-corrected chi connectivity index (χ0v) is 16.6. The molecule has 0 radical (unpaired) electrons. The maximum atomic E-state index is 12.1. The highest BCUT2D eigenvalue weighted by Crippen LogP contribution is 2.16. The van der Waals surface area contributed by atoms with Crippen molar-refractivity contribution in [2.75, 3.05) is 46.2 Å². The van der Waals surface area contributed by atoms with Crippen LogP contribution in [-0.4, -0.2) is 59.5 Å². The molecule has 0 bridgehead atoms. The van der Waals surface area contributed by atoms with Crippen molar-refractivity contribution in [3.63, 3.8) is 0 Å². The first-order chi connectivity index (χ1) is 12.8. The Morgan fingerprint density at radius 1 is 1.07 bits per heavy atom. The smallest absolute Gasteiger partial charge is 0.279 e. The standard InChI is InChI=1S/C19H25N3O4S/c1-21(2)27(24,25)18-11-9-16(10-12-18)20-19(23)15-22(3)13-14-26-17-7-5-4-6-8-17/h4-12H,13-15H2,1-3H3,(H,20,23)/p+1. The van der Waals surface area contributed by atoms with Crippen LogP contribution in [0.1, 0.15) is 0 Å². The van der Waals surface area contributed by atoms with E-state index >= 15 is 0 Å². The van der Waals surface area contributed by atoms with E-state index in [1.807, 2.05) is 37.4 Å². The van der Waals surface area contributed by atoms with E-state index in [4.69, 9.17) is 4.74 Å². The second kappa shape index (κ2) is 9.50. The van der Waals surface area contributed by atoms with Gasteiger partial charge in [-0.2, -0.15) is 0 Å². The van der Waals surface area contributed by atoms with Crippen molar-refractivity contribution in [1.82, 2.24) is 4.31 Å². The molecule has 27 heavy (non-hydrogen) atoms. The highest BCUT2D eigenvalue weighted by molar-refractivity contribution is 7.89. The molecular weight excluding hydrogens is 366 g/mol. The molecule has 0 saturated carbocycles. The lowest BCUT2D eigenvalue weighted by Crippen LogP contribution is -3.10. The van der Waals surface area contributed by atoms with Crippen molar-refractivity contribution in [2.24, 2.45) is 0 Å². The predicted molar refractivity (Wildman–Crippen MR) is 105 cm³/mol. The molecule has 146 valence electrons. The van der Waals surface area contributed by atoms with Gasteiger partial charge in [0.15, 0.2) is 6.54 Å². The van der Waals surface area contributed by atoms with E-state index in [9.17, 15) is 13.2 Å². The number of hydrogen-bond acceptors (Lipinski definition) is 4. The predicted octanol–water partition coefficient (Wildman–Crippen LogP) is 0.469. The normalized spacial score (nSPS) is 12.6. The summed E-state index contributed by atoms with van der Waals surface area (Å²) in [7, 11) is 1.40. The third-order valence-electron chi connectivity index (χ3n) is 3.92. The number of benzene rings is 2. The number of nitrogens with zero attached hydrogens (tertiary/aromatic N) is 1. The lowest BCUT2D eigenvalue weighted by molar-refractivity contribution is -0.871. The first-order valence-electron chi connectivity index (χ1n) is 8.60. The van der Waals surface area contributed by atoms with Gasteiger partial charge in [-0.15, -0.1) is 0 Å². The Morgan fingerprint density at radius 2 is 1.70 bits per heavy atom. The van der Waals surface area contributed by atoms with E-state index in [1.165, 1.54) is 26.2 Å². The molecule has 0 aromatic heterocycles. The molecule has 0 spiro atoms. The van der Waals surface area contributed by atoms with E-state index < -0.39 is 10.0 Å². The van der Waals surface area contributed by atoms with Crippen molar-refractivity contribution in [1.29, 1.82) is 0 Å². The number of para-hydroxylation sites is 1. The minimum atomic E-state index is -3.47. The molecule has 0 heterocycles. The number of ether oxygens (including phenoxy) is 1. The van der Waals surface area contributed by atoms with E-state index in [-0.39, 0.29) is 17.3 Å². The fourth-order valence-corrected chi connectivity index (χ4v) is 3.25. The molecule has 2 rings (SSSR count). The van der Waals surface area contributed by atoms with Gasteiger partial charge in [-0.1, -0.05) is 18.2 Å². The van der Waals surface area contributed by atoms with Crippen LogP contribution in [0.15, 0.2) is 59.5 Å². The molecule has 2 aromatic rings. The fourth-order valence-electron chi connectivity index (χ4n) is 2.35. The average molecular weight is 393 g/mol. The van der Waals surface area contributed by atoms with Crippen molar-refractivity contribution >= 4 is 21.6 Å². The highest BCUT2D eigenvalue weighted by atomic mass is 32.2. The van der Waals surface area contributed by atoms with Crippen LogP contribution in [0.4, 0.5) is 5.69 Å². The van der Waals surface area contributed by atoms with Crippen LogP contribution in [0.5, 0.6) is 5.75 Å². The molecule has 0 aliphatic heterocycles. The number of carbonyl (C=O) groups is 1. The third kappa shape index (κ3) is 6.35. The lowest BCUT2D eigenvalue weighted by atomic mass is 10.3. The summed E-state index contributed by atoms with van der Waals surface area (Å²) in [5, 5.41) is 2.78. The monoisotopic (exact) mass is 392 g/mol. The highest BCUT2D eigenvalue weighted by Gasteiger charge is 2.17. The maximum absolute atomic E-state index is 12.1. The van der Waals surface area contributed by atoms with Crippen LogP contribution in [0.25, 0.3) is 0 Å². The van der Waals surface area contributed by atoms with Crippen LogP contribution >= 0.6 is 0 Å². The van der Waals surface area contributed by atoms with Gasteiger partial charge < -0.3 is 15.0 Å². The van der Waals surface area contributed by atoms with Gasteiger partial charge in [0.25, 0.3) is 5.91 Å². The Kier molecular flexibility index (Phi) is 7.35. The molecule has 8 heteroatoms. The maximum Gasteiger partial charge on any atom is 0.279 e. The second-order valence-corrected chi connectivity index (χ2v) is 8.56. The van der Waals surface area contributed by atoms with E-state index in [0.717, 1.165) is 15.0 Å². The van der Waals surface area contributed by atoms with Gasteiger partial charge in [0.1, 0.15) is 18.9 Å². The number of anilines is 1. The van der Waals surface area contributed by atoms with Crippen LogP contribution in [0.2, 0.25) is 0 Å². The number of amides is 1. The number of carbonyl (C=O) groups excluding carboxylic acids is 1. The van der Waals surface area contributed by atoms with Gasteiger partial charge in [0.2, 0.25) is 10.0 Å². The minimum Gasteiger partial charge on any atom is -0.488 e. The van der Waals surface area contributed by atoms with Crippen molar-refractivity contribution in [3.8, 4) is 5.75 Å². The Morgan fingerprint density at radius 3 is 2.30 bits per heavy atom. The molecule has 1 atom stereocenters. The molecule has 0 aliphatic rings. The molecule has 2 aromatic carbocycles. The summed E-state index contributed by atoms with van der Waals surface area (Å²) in [5.41, 5.74) is 0.561. The van der Waals surface area contributed by atoms with Gasteiger partial charge >= 0.3 is 0 Å². The van der Waals surface area contributed by atoms with Crippen molar-refractivity contribution in [3.05, 3.63) is 54.6 Å². The van der Waals surface area contributed by atoms with Gasteiger partial charge in [-0.05, 0) is 36.4 Å². The molecular formula is C19H26N3O4S+. The fraction of sp³-hybridized carbons (Fsp3) is 0.316. The van der Waals surface area contributed by atoms with E-state index in [2.05, 4.69) is 5.32 Å². The number of sulfonamides is 1. The first kappa shape index (κ1) is 20.9. The number of likely N-dealkylation sites (N-methyl/N-ethyl adjacent to an activating group) is 1. The number of hydrogen-bond donors (Lipinski definition) is 2. The van der Waals surface area contributed by atoms with Crippen LogP contribution in [0, 0.1) is 0 Å². The average Bonchev–Trinajstić information content (AvgIpc) is 2.62. The number of rotatable bonds is 9. The SMILES string of the molecule is CN(C)S(=O)(=O)c1ccc(NC(=O)C[NH+](C)CCOc2ccccc2)cc1. The van der Waals surface area contributed by atoms with Crippen LogP contribution in [0.3, 0.4) is 0 Å². The topological polar surface area (TPSA) is 80.2 Å². The van der Waals surface area contributed by atoms with Crippen LogP contribution < -0.4 is 15.0 Å². The molecule has 0 saturated heterocycles. The summed E-state index contributed by atoms with van der Waals surface area (Å²) >= 11 is 0. The second-order valence-electron chi connectivity index (χ2n) is 6.41. The molecule has 1 unspecified atom stereocenters. The zero-order chi connectivity index (χ0) is 19.9. The van der Waals surface area contributed by atoms with Gasteiger partial charge in [-0.3, -0.25) is 4.79 Å². The molecule has 0 aliphatic carbocycles. The third-order valence-corrected chi connectivity index (χ3v) is 5.75. The summed E-state index contributed by atoms with van der Waals surface area (Å²) in [4.78, 5) is 13.3. The lowest BCUT2D eigenvalue weighted by Gasteiger charge is -2.15. The Labute approximate surface area is 160 Å². The van der Waals surface area contributed by atoms with Crippen molar-refractivity contribution in [2.45, 2.75) is 4.90 Å². The summed E-state index contributed by atoms with van der Waals surface area (Å²) < 4.78 is 30.9. The van der Waals surface area contributed by atoms with Gasteiger partial charge in [0.05, 0.1) is 11.9 Å². The van der Waals surface area contributed by atoms with E-state index in [0.29, 0.717) is 18.8 Å². The number of nitrogens with one attached hydrogen (secondary N) is 2. The molecule has 1 amide bonds. The minimum absolute atomic E-state index is 0.143. The van der Waals surface area contributed by atoms with Gasteiger partial charge in [0, 0.05) is 19.8 Å². The summed E-state index contributed by atoms with van der Waals surface area (Å²) in [6.07, 6.45) is 0. The first-order valence-corrected chi connectivity index (χ1v) is 10.0. The molecule has 7 nitrogen and oxygen atoms in total. The zero-order valence-electron chi connectivity index (χ0n) is 15.8. The molecule has 0 fully saturated rings. The Hall–Kier alpha value is -2.42. The largest absolute Gasteiger partial charge is 0.488 e.